The lowest BCUT2D eigenvalue weighted by Crippen LogP contribution is -2.00. The van der Waals surface area contributed by atoms with Gasteiger partial charge in [0.2, 0.25) is 0 Å². The molecule has 0 aliphatic heterocycles. The molecule has 0 bridgehead atoms. The summed E-state index contributed by atoms with van der Waals surface area (Å²) < 4.78 is 18.6. The first-order chi connectivity index (χ1) is 8.00. The number of hydrogen-bond donors (Lipinski definition) is 1. The summed E-state index contributed by atoms with van der Waals surface area (Å²) in [6.45, 7) is 3.36. The fourth-order valence-electron chi connectivity index (χ4n) is 1.12. The monoisotopic (exact) mass is 256 g/mol. The number of para-hydroxylation sites is 1. The molecule has 0 spiro atoms. The molecule has 0 aliphatic rings. The SMILES string of the molecule is C=C(Cl)COc1c(F)cccc1/C=C/C(=O)O. The van der Waals surface area contributed by atoms with Gasteiger partial charge in [0, 0.05) is 16.7 Å². The van der Waals surface area contributed by atoms with E-state index in [2.05, 4.69) is 6.58 Å². The molecule has 0 aromatic heterocycles. The van der Waals surface area contributed by atoms with Gasteiger partial charge in [0.15, 0.2) is 11.6 Å². The summed E-state index contributed by atoms with van der Waals surface area (Å²) in [7, 11) is 0. The maximum Gasteiger partial charge on any atom is 0.328 e. The summed E-state index contributed by atoms with van der Waals surface area (Å²) in [5, 5.41) is 8.72. The molecule has 5 heteroatoms. The Balaban J connectivity index is 2.99. The molecule has 17 heavy (non-hydrogen) atoms. The minimum absolute atomic E-state index is 0.0452. The van der Waals surface area contributed by atoms with Crippen LogP contribution in [0.25, 0.3) is 6.08 Å². The molecule has 90 valence electrons. The largest absolute Gasteiger partial charge is 0.484 e. The van der Waals surface area contributed by atoms with Crippen LogP contribution in [-0.4, -0.2) is 17.7 Å². The zero-order chi connectivity index (χ0) is 12.8. The van der Waals surface area contributed by atoms with Gasteiger partial charge >= 0.3 is 5.97 Å². The minimum atomic E-state index is -1.12. The van der Waals surface area contributed by atoms with Gasteiger partial charge in [-0.3, -0.25) is 0 Å². The van der Waals surface area contributed by atoms with Crippen molar-refractivity contribution >= 4 is 23.6 Å². The number of carbonyl (C=O) groups is 1. The standard InChI is InChI=1S/C12H10ClFO3/c1-8(13)7-17-12-9(5-6-11(15)16)3-2-4-10(12)14/h2-6H,1,7H2,(H,15,16)/b6-5+. The van der Waals surface area contributed by atoms with Crippen LogP contribution in [0.2, 0.25) is 0 Å². The summed E-state index contributed by atoms with van der Waals surface area (Å²) in [6, 6.07) is 4.21. The molecular formula is C12H10ClFO3. The normalized spacial score (nSPS) is 10.5. The van der Waals surface area contributed by atoms with Gasteiger partial charge < -0.3 is 9.84 Å². The number of rotatable bonds is 5. The Morgan fingerprint density at radius 2 is 2.29 bits per heavy atom. The number of halogens is 2. The predicted molar refractivity (Wildman–Crippen MR) is 63.6 cm³/mol. The topological polar surface area (TPSA) is 46.5 Å². The molecule has 0 aliphatic carbocycles. The Labute approximate surface area is 103 Å². The Morgan fingerprint density at radius 3 is 2.88 bits per heavy atom. The molecular weight excluding hydrogens is 247 g/mol. The van der Waals surface area contributed by atoms with E-state index in [1.807, 2.05) is 0 Å². The highest BCUT2D eigenvalue weighted by Gasteiger charge is 2.08. The number of ether oxygens (including phenoxy) is 1. The first kappa shape index (κ1) is 13.3. The van der Waals surface area contributed by atoms with Crippen molar-refractivity contribution in [1.29, 1.82) is 0 Å². The molecule has 0 saturated heterocycles. The summed E-state index contributed by atoms with van der Waals surface area (Å²) in [5.74, 6) is -1.76. The zero-order valence-corrected chi connectivity index (χ0v) is 9.58. The van der Waals surface area contributed by atoms with E-state index >= 15 is 0 Å². The van der Waals surface area contributed by atoms with Crippen LogP contribution in [0.15, 0.2) is 35.9 Å². The molecule has 0 unspecified atom stereocenters. The molecule has 0 saturated carbocycles. The van der Waals surface area contributed by atoms with E-state index in [1.54, 1.807) is 0 Å². The van der Waals surface area contributed by atoms with Crippen molar-refractivity contribution in [3.63, 3.8) is 0 Å². The van der Waals surface area contributed by atoms with Gasteiger partial charge in [-0.05, 0) is 12.1 Å². The average molecular weight is 257 g/mol. The van der Waals surface area contributed by atoms with Crippen LogP contribution in [0.5, 0.6) is 5.75 Å². The smallest absolute Gasteiger partial charge is 0.328 e. The van der Waals surface area contributed by atoms with Crippen molar-refractivity contribution in [3.05, 3.63) is 47.3 Å². The number of aliphatic carboxylic acids is 1. The first-order valence-corrected chi connectivity index (χ1v) is 5.04. The van der Waals surface area contributed by atoms with E-state index in [-0.39, 0.29) is 17.4 Å². The van der Waals surface area contributed by atoms with Crippen molar-refractivity contribution in [3.8, 4) is 5.75 Å². The van der Waals surface area contributed by atoms with Crippen LogP contribution in [-0.2, 0) is 4.79 Å². The van der Waals surface area contributed by atoms with Gasteiger partial charge in [-0.1, -0.05) is 30.3 Å². The quantitative estimate of drug-likeness (QED) is 0.824. The van der Waals surface area contributed by atoms with E-state index < -0.39 is 11.8 Å². The number of benzene rings is 1. The summed E-state index contributed by atoms with van der Waals surface area (Å²) >= 11 is 5.51. The molecule has 0 amide bonds. The molecule has 1 rings (SSSR count). The van der Waals surface area contributed by atoms with Crippen LogP contribution in [0.3, 0.4) is 0 Å². The van der Waals surface area contributed by atoms with Crippen LogP contribution < -0.4 is 4.74 Å². The summed E-state index contributed by atoms with van der Waals surface area (Å²) in [4.78, 5) is 10.4. The second-order valence-electron chi connectivity index (χ2n) is 3.14. The van der Waals surface area contributed by atoms with E-state index in [9.17, 15) is 9.18 Å². The van der Waals surface area contributed by atoms with Crippen LogP contribution in [0.1, 0.15) is 5.56 Å². The third-order valence-electron chi connectivity index (χ3n) is 1.78. The van der Waals surface area contributed by atoms with E-state index in [0.717, 1.165) is 6.08 Å². The highest BCUT2D eigenvalue weighted by atomic mass is 35.5. The molecule has 0 atom stereocenters. The molecule has 0 fully saturated rings. The Hall–Kier alpha value is -1.81. The van der Waals surface area contributed by atoms with Crippen LogP contribution in [0, 0.1) is 5.82 Å². The van der Waals surface area contributed by atoms with E-state index in [4.69, 9.17) is 21.4 Å². The van der Waals surface area contributed by atoms with Crippen LogP contribution >= 0.6 is 11.6 Å². The number of carboxylic acids is 1. The van der Waals surface area contributed by atoms with Gasteiger partial charge in [-0.25, -0.2) is 9.18 Å². The third kappa shape index (κ3) is 4.28. The van der Waals surface area contributed by atoms with Crippen molar-refractivity contribution < 1.29 is 19.0 Å². The average Bonchev–Trinajstić information content (AvgIpc) is 2.24. The molecule has 1 aromatic rings. The van der Waals surface area contributed by atoms with E-state index in [1.165, 1.54) is 24.3 Å². The number of hydrogen-bond acceptors (Lipinski definition) is 2. The maximum absolute atomic E-state index is 13.4. The summed E-state index contributed by atoms with van der Waals surface area (Å²) in [6.07, 6.45) is 2.15. The first-order valence-electron chi connectivity index (χ1n) is 4.66. The summed E-state index contributed by atoms with van der Waals surface area (Å²) in [5.41, 5.74) is 0.324. The minimum Gasteiger partial charge on any atom is -0.484 e. The third-order valence-corrected chi connectivity index (χ3v) is 1.89. The fraction of sp³-hybridized carbons (Fsp3) is 0.0833. The van der Waals surface area contributed by atoms with Gasteiger partial charge in [-0.15, -0.1) is 0 Å². The van der Waals surface area contributed by atoms with Crippen LogP contribution in [0.4, 0.5) is 4.39 Å². The molecule has 0 radical (unpaired) electrons. The number of carboxylic acid groups (broad SMARTS) is 1. The van der Waals surface area contributed by atoms with Crippen molar-refractivity contribution in [1.82, 2.24) is 0 Å². The van der Waals surface area contributed by atoms with Crippen molar-refractivity contribution in [2.45, 2.75) is 0 Å². The Bertz CT molecular complexity index is 469. The molecule has 0 heterocycles. The lowest BCUT2D eigenvalue weighted by molar-refractivity contribution is -0.131. The predicted octanol–water partition coefficient (Wildman–Crippen LogP) is 3.05. The lowest BCUT2D eigenvalue weighted by atomic mass is 10.2. The second kappa shape index (κ2) is 6.06. The Kier molecular flexibility index (Phi) is 4.72. The second-order valence-corrected chi connectivity index (χ2v) is 3.67. The maximum atomic E-state index is 13.4. The van der Waals surface area contributed by atoms with E-state index in [0.29, 0.717) is 5.56 Å². The Morgan fingerprint density at radius 1 is 1.59 bits per heavy atom. The fourth-order valence-corrected chi connectivity index (χ4v) is 1.18. The van der Waals surface area contributed by atoms with Gasteiger partial charge in [0.05, 0.1) is 0 Å². The highest BCUT2D eigenvalue weighted by Crippen LogP contribution is 2.24. The zero-order valence-electron chi connectivity index (χ0n) is 8.82. The van der Waals surface area contributed by atoms with Crippen molar-refractivity contribution in [2.75, 3.05) is 6.61 Å². The molecule has 1 N–H and O–H groups in total. The molecule has 3 nitrogen and oxygen atoms in total. The van der Waals surface area contributed by atoms with Gasteiger partial charge in [0.25, 0.3) is 0 Å². The highest BCUT2D eigenvalue weighted by molar-refractivity contribution is 6.29. The van der Waals surface area contributed by atoms with Gasteiger partial charge in [0.1, 0.15) is 6.61 Å². The van der Waals surface area contributed by atoms with Gasteiger partial charge in [-0.2, -0.15) is 0 Å². The van der Waals surface area contributed by atoms with Crippen molar-refractivity contribution in [2.24, 2.45) is 0 Å². The lowest BCUT2D eigenvalue weighted by Gasteiger charge is -2.09. The molecule has 1 aromatic carbocycles.